The van der Waals surface area contributed by atoms with Crippen LogP contribution < -0.4 is 0 Å². The molecule has 2 heteroatoms. The predicted molar refractivity (Wildman–Crippen MR) is 98.8 cm³/mol. The van der Waals surface area contributed by atoms with Crippen LogP contribution in [0.1, 0.15) is 97.1 Å². The molecule has 1 aromatic carbocycles. The van der Waals surface area contributed by atoms with Gasteiger partial charge in [-0.05, 0) is 30.4 Å². The summed E-state index contributed by atoms with van der Waals surface area (Å²) in [6.07, 6.45) is 5.07. The van der Waals surface area contributed by atoms with Gasteiger partial charge in [0.15, 0.2) is 5.75 Å². The van der Waals surface area contributed by atoms with Crippen LogP contribution in [0.2, 0.25) is 0 Å². The molecule has 1 radical (unpaired) electrons. The van der Waals surface area contributed by atoms with E-state index in [1.54, 1.807) is 0 Å². The fraction of sp³-hybridized carbons (Fsp3) is 0.700. The summed E-state index contributed by atoms with van der Waals surface area (Å²) >= 11 is 1.93. The number of benzene rings is 1. The van der Waals surface area contributed by atoms with E-state index in [9.17, 15) is 5.11 Å². The van der Waals surface area contributed by atoms with Crippen LogP contribution in [0.4, 0.5) is 0 Å². The van der Waals surface area contributed by atoms with Gasteiger partial charge in [-0.2, -0.15) is 0 Å². The summed E-state index contributed by atoms with van der Waals surface area (Å²) in [5.74, 6) is 0.820. The molecular weight excluding hydrogens is 288 g/mol. The predicted octanol–water partition coefficient (Wildman–Crippen LogP) is 7.53. The average Bonchev–Trinajstić information content (AvgIpc) is 2.39. The lowest BCUT2D eigenvalue weighted by atomic mass is 9.94. The molecule has 0 aliphatic rings. The number of unbranched alkanes of at least 4 members (excludes halogenated alkanes) is 2. The molecule has 125 valence electrons. The van der Waals surface area contributed by atoms with E-state index in [0.717, 1.165) is 11.1 Å². The van der Waals surface area contributed by atoms with Crippen LogP contribution in [-0.2, 0) is 5.11 Å². The first-order valence-corrected chi connectivity index (χ1v) is 9.53. The lowest BCUT2D eigenvalue weighted by molar-refractivity contribution is 0.341. The fourth-order valence-corrected chi connectivity index (χ4v) is 3.99. The Hall–Kier alpha value is -0.630. The molecule has 0 atom stereocenters. The van der Waals surface area contributed by atoms with Gasteiger partial charge in [0.2, 0.25) is 0 Å². The largest absolute Gasteiger partial charge is 0.289 e. The summed E-state index contributed by atoms with van der Waals surface area (Å²) < 4.78 is 0.224. The first kappa shape index (κ1) is 19.4. The highest BCUT2D eigenvalue weighted by molar-refractivity contribution is 8.00. The summed E-state index contributed by atoms with van der Waals surface area (Å²) in [5.41, 5.74) is 1.94. The average molecular weight is 322 g/mol. The number of hydrogen-bond donors (Lipinski definition) is 0. The normalized spacial score (nSPS) is 12.4. The van der Waals surface area contributed by atoms with E-state index in [-0.39, 0.29) is 22.3 Å². The zero-order valence-electron chi connectivity index (χ0n) is 15.5. The zero-order chi connectivity index (χ0) is 16.9. The van der Waals surface area contributed by atoms with Gasteiger partial charge >= 0.3 is 0 Å². The molecule has 0 heterocycles. The van der Waals surface area contributed by atoms with Crippen molar-refractivity contribution in [1.29, 1.82) is 0 Å². The molecular formula is C20H33OS. The van der Waals surface area contributed by atoms with Crippen molar-refractivity contribution in [2.45, 2.75) is 95.6 Å². The van der Waals surface area contributed by atoms with Gasteiger partial charge in [0, 0.05) is 20.8 Å². The minimum absolute atomic E-state index is 0.224. The minimum atomic E-state index is 0.224. The highest BCUT2D eigenvalue weighted by atomic mass is 32.2. The monoisotopic (exact) mass is 321 g/mol. The Morgan fingerprint density at radius 2 is 1.50 bits per heavy atom. The summed E-state index contributed by atoms with van der Waals surface area (Å²) in [7, 11) is 0. The van der Waals surface area contributed by atoms with Crippen molar-refractivity contribution < 1.29 is 5.11 Å². The molecule has 0 aromatic heterocycles. The van der Waals surface area contributed by atoms with Crippen molar-refractivity contribution >= 4 is 11.8 Å². The fourth-order valence-electron chi connectivity index (χ4n) is 2.73. The molecule has 0 fully saturated rings. The molecule has 1 rings (SSSR count). The van der Waals surface area contributed by atoms with E-state index in [2.05, 4.69) is 60.6 Å². The van der Waals surface area contributed by atoms with E-state index in [1.165, 1.54) is 30.6 Å². The second-order valence-corrected chi connectivity index (χ2v) is 9.34. The van der Waals surface area contributed by atoms with Gasteiger partial charge in [0.1, 0.15) is 0 Å². The molecule has 0 aliphatic heterocycles. The Kier molecular flexibility index (Phi) is 7.31. The molecule has 0 saturated carbocycles. The van der Waals surface area contributed by atoms with Crippen molar-refractivity contribution in [3.8, 4) is 5.75 Å². The summed E-state index contributed by atoms with van der Waals surface area (Å²) in [6.45, 7) is 15.3. The van der Waals surface area contributed by atoms with E-state index < -0.39 is 0 Å². The lowest BCUT2D eigenvalue weighted by Crippen LogP contribution is -2.14. The van der Waals surface area contributed by atoms with Gasteiger partial charge in [-0.15, -0.1) is 11.8 Å². The van der Waals surface area contributed by atoms with Gasteiger partial charge in [0.25, 0.3) is 0 Å². The van der Waals surface area contributed by atoms with E-state index >= 15 is 0 Å². The van der Waals surface area contributed by atoms with Gasteiger partial charge in [-0.1, -0.05) is 67.7 Å². The highest BCUT2D eigenvalue weighted by Crippen LogP contribution is 2.42. The van der Waals surface area contributed by atoms with Crippen molar-refractivity contribution in [3.63, 3.8) is 0 Å². The van der Waals surface area contributed by atoms with Gasteiger partial charge in [-0.25, -0.2) is 0 Å². The smallest absolute Gasteiger partial charge is 0.185 e. The zero-order valence-corrected chi connectivity index (χ0v) is 16.3. The SMILES string of the molecule is CCCCCC(C)(C)Sc1cc(C(C)C)c([O])c(C(C)C)c1. The molecule has 22 heavy (non-hydrogen) atoms. The minimum Gasteiger partial charge on any atom is -0.289 e. The highest BCUT2D eigenvalue weighted by Gasteiger charge is 2.22. The molecule has 0 N–H and O–H groups in total. The quantitative estimate of drug-likeness (QED) is 0.358. The Balaban J connectivity index is 3.04. The van der Waals surface area contributed by atoms with Gasteiger partial charge < -0.3 is 0 Å². The van der Waals surface area contributed by atoms with Crippen LogP contribution in [-0.4, -0.2) is 4.75 Å². The maximum absolute atomic E-state index is 12.6. The summed E-state index contributed by atoms with van der Waals surface area (Å²) in [6, 6.07) is 4.26. The molecule has 1 nitrogen and oxygen atoms in total. The topological polar surface area (TPSA) is 19.9 Å². The Labute approximate surface area is 141 Å². The van der Waals surface area contributed by atoms with E-state index in [1.807, 2.05) is 11.8 Å². The molecule has 0 aliphatic carbocycles. The van der Waals surface area contributed by atoms with Crippen molar-refractivity contribution in [2.75, 3.05) is 0 Å². The molecule has 0 spiro atoms. The van der Waals surface area contributed by atoms with Crippen LogP contribution in [0.15, 0.2) is 17.0 Å². The van der Waals surface area contributed by atoms with E-state index in [4.69, 9.17) is 0 Å². The first-order valence-electron chi connectivity index (χ1n) is 8.71. The van der Waals surface area contributed by atoms with Crippen molar-refractivity contribution in [3.05, 3.63) is 23.3 Å². The molecule has 0 amide bonds. The van der Waals surface area contributed by atoms with Crippen molar-refractivity contribution in [2.24, 2.45) is 0 Å². The van der Waals surface area contributed by atoms with Crippen LogP contribution in [0, 0.1) is 0 Å². The van der Waals surface area contributed by atoms with Crippen LogP contribution in [0.3, 0.4) is 0 Å². The standard InChI is InChI=1S/C20H33OS/c1-8-9-10-11-20(6,7)22-16-12-17(14(2)3)19(21)18(13-16)15(4)5/h12-15H,8-11H2,1-7H3. The third-order valence-electron chi connectivity index (χ3n) is 4.14. The Bertz CT molecular complexity index is 446. The molecule has 0 unspecified atom stereocenters. The van der Waals surface area contributed by atoms with E-state index in [0.29, 0.717) is 0 Å². The van der Waals surface area contributed by atoms with Crippen molar-refractivity contribution in [1.82, 2.24) is 0 Å². The Morgan fingerprint density at radius 3 is 1.91 bits per heavy atom. The summed E-state index contributed by atoms with van der Waals surface area (Å²) in [4.78, 5) is 1.26. The Morgan fingerprint density at radius 1 is 1.00 bits per heavy atom. The molecule has 0 saturated heterocycles. The van der Waals surface area contributed by atoms with Gasteiger partial charge in [-0.3, -0.25) is 5.11 Å². The maximum atomic E-state index is 12.6. The molecule has 0 bridgehead atoms. The number of thioether (sulfide) groups is 1. The third-order valence-corrected chi connectivity index (χ3v) is 5.37. The summed E-state index contributed by atoms with van der Waals surface area (Å²) in [5, 5.41) is 12.6. The third kappa shape index (κ3) is 5.53. The van der Waals surface area contributed by atoms with Crippen LogP contribution in [0.5, 0.6) is 5.75 Å². The second-order valence-electron chi connectivity index (χ2n) is 7.56. The maximum Gasteiger partial charge on any atom is 0.185 e. The number of hydrogen-bond acceptors (Lipinski definition) is 1. The molecule has 1 aromatic rings. The van der Waals surface area contributed by atoms with Crippen LogP contribution >= 0.6 is 11.8 Å². The second kappa shape index (κ2) is 8.29. The lowest BCUT2D eigenvalue weighted by Gasteiger charge is -2.25. The van der Waals surface area contributed by atoms with Gasteiger partial charge in [0.05, 0.1) is 0 Å². The number of rotatable bonds is 8. The first-order chi connectivity index (χ1) is 10.2. The van der Waals surface area contributed by atoms with Crippen LogP contribution in [0.25, 0.3) is 0 Å².